The molecule has 0 aromatic heterocycles. The number of aliphatic carboxylic acids is 1. The summed E-state index contributed by atoms with van der Waals surface area (Å²) in [6.07, 6.45) is 0. The van der Waals surface area contributed by atoms with E-state index in [1.54, 1.807) is 0 Å². The molecule has 0 bridgehead atoms. The Balaban J connectivity index is 2.52. The summed E-state index contributed by atoms with van der Waals surface area (Å²) < 4.78 is 37.4. The molecule has 0 aliphatic carbocycles. The molecule has 0 fully saturated rings. The first-order valence-corrected chi connectivity index (χ1v) is 8.45. The Hall–Kier alpha value is -2.40. The van der Waals surface area contributed by atoms with Gasteiger partial charge >= 0.3 is 5.97 Å². The third kappa shape index (κ3) is 3.57. The number of carbonyl (C=O) groups is 1. The molecule has 0 spiro atoms. The van der Waals surface area contributed by atoms with Crippen LogP contribution in [0.2, 0.25) is 0 Å². The van der Waals surface area contributed by atoms with Gasteiger partial charge in [-0.05, 0) is 5.92 Å². The van der Waals surface area contributed by atoms with Crippen molar-refractivity contribution in [3.8, 4) is 11.5 Å². The van der Waals surface area contributed by atoms with Crippen molar-refractivity contribution in [2.75, 3.05) is 13.2 Å². The van der Waals surface area contributed by atoms with Crippen molar-refractivity contribution < 1.29 is 32.7 Å². The standard InChI is InChI=1S/C13H16N2O8S/c1-7(2)12(13(16)17)14-24(20,21)11-6-10-9(22-3-4-23-10)5-8(11)15(18)19/h5-7,12,14H,3-4H2,1-2H3,(H,16,17)/t12-/m0/s1. The van der Waals surface area contributed by atoms with E-state index in [0.717, 1.165) is 12.1 Å². The second-order valence-electron chi connectivity index (χ2n) is 5.40. The first kappa shape index (κ1) is 17.9. The molecule has 10 nitrogen and oxygen atoms in total. The maximum absolute atomic E-state index is 12.5. The largest absolute Gasteiger partial charge is 0.486 e. The summed E-state index contributed by atoms with van der Waals surface area (Å²) in [5, 5.41) is 20.3. The first-order chi connectivity index (χ1) is 11.1. The van der Waals surface area contributed by atoms with Gasteiger partial charge in [0, 0.05) is 6.07 Å². The predicted molar refractivity (Wildman–Crippen MR) is 80.7 cm³/mol. The second kappa shape index (κ2) is 6.61. The van der Waals surface area contributed by atoms with Crippen LogP contribution in [0.15, 0.2) is 17.0 Å². The van der Waals surface area contributed by atoms with Crippen molar-refractivity contribution >= 4 is 21.7 Å². The Morgan fingerprint density at radius 1 is 1.29 bits per heavy atom. The number of sulfonamides is 1. The lowest BCUT2D eigenvalue weighted by atomic mass is 10.1. The van der Waals surface area contributed by atoms with Crippen LogP contribution in [0.4, 0.5) is 5.69 Å². The van der Waals surface area contributed by atoms with Crippen molar-refractivity contribution in [2.24, 2.45) is 5.92 Å². The zero-order valence-electron chi connectivity index (χ0n) is 12.9. The molecule has 1 aromatic carbocycles. The van der Waals surface area contributed by atoms with E-state index in [2.05, 4.69) is 0 Å². The summed E-state index contributed by atoms with van der Waals surface area (Å²) in [5.41, 5.74) is -0.723. The van der Waals surface area contributed by atoms with Gasteiger partial charge in [-0.3, -0.25) is 14.9 Å². The van der Waals surface area contributed by atoms with Gasteiger partial charge in [0.1, 0.15) is 19.3 Å². The summed E-state index contributed by atoms with van der Waals surface area (Å²) in [6.45, 7) is 3.38. The van der Waals surface area contributed by atoms with E-state index in [1.165, 1.54) is 13.8 Å². The Bertz CT molecular complexity index is 774. The zero-order valence-corrected chi connectivity index (χ0v) is 13.7. The molecule has 1 heterocycles. The fourth-order valence-corrected chi connectivity index (χ4v) is 3.62. The minimum absolute atomic E-state index is 0.0450. The number of nitrogens with zero attached hydrogens (tertiary/aromatic N) is 1. The molecule has 2 N–H and O–H groups in total. The molecule has 0 radical (unpaired) electrons. The summed E-state index contributed by atoms with van der Waals surface area (Å²) in [4.78, 5) is 20.9. The van der Waals surface area contributed by atoms with Crippen molar-refractivity contribution in [1.29, 1.82) is 0 Å². The van der Waals surface area contributed by atoms with Crippen LogP contribution >= 0.6 is 0 Å². The maximum atomic E-state index is 12.5. The van der Waals surface area contributed by atoms with Crippen LogP contribution in [0.25, 0.3) is 0 Å². The van der Waals surface area contributed by atoms with Gasteiger partial charge in [-0.25, -0.2) is 8.42 Å². The molecule has 1 aliphatic rings. The van der Waals surface area contributed by atoms with E-state index in [0.29, 0.717) is 0 Å². The smallest absolute Gasteiger partial charge is 0.322 e. The van der Waals surface area contributed by atoms with E-state index < -0.39 is 43.5 Å². The molecule has 1 aliphatic heterocycles. The Labute approximate surface area is 137 Å². The van der Waals surface area contributed by atoms with E-state index in [4.69, 9.17) is 14.6 Å². The van der Waals surface area contributed by atoms with Gasteiger partial charge in [-0.2, -0.15) is 4.72 Å². The van der Waals surface area contributed by atoms with Gasteiger partial charge < -0.3 is 14.6 Å². The molecule has 1 aromatic rings. The summed E-state index contributed by atoms with van der Waals surface area (Å²) in [5.74, 6) is -1.84. The van der Waals surface area contributed by atoms with Crippen molar-refractivity contribution in [3.05, 3.63) is 22.2 Å². The number of nitrogens with one attached hydrogen (secondary N) is 1. The monoisotopic (exact) mass is 360 g/mol. The minimum atomic E-state index is -4.47. The number of carboxylic acid groups (broad SMARTS) is 1. The van der Waals surface area contributed by atoms with Crippen molar-refractivity contribution in [2.45, 2.75) is 24.8 Å². The van der Waals surface area contributed by atoms with E-state index >= 15 is 0 Å². The average molecular weight is 360 g/mol. The number of fused-ring (bicyclic) bond motifs is 1. The van der Waals surface area contributed by atoms with Crippen molar-refractivity contribution in [1.82, 2.24) is 4.72 Å². The molecular weight excluding hydrogens is 344 g/mol. The Morgan fingerprint density at radius 2 is 1.83 bits per heavy atom. The fraction of sp³-hybridized carbons (Fsp3) is 0.462. The quantitative estimate of drug-likeness (QED) is 0.558. The lowest BCUT2D eigenvalue weighted by Gasteiger charge is -2.21. The molecule has 0 unspecified atom stereocenters. The number of hydrogen-bond donors (Lipinski definition) is 2. The zero-order chi connectivity index (χ0) is 18.1. The van der Waals surface area contributed by atoms with E-state index in [1.807, 2.05) is 4.72 Å². The Kier molecular flexibility index (Phi) is 4.94. The molecule has 0 amide bonds. The van der Waals surface area contributed by atoms with Gasteiger partial charge in [0.25, 0.3) is 5.69 Å². The predicted octanol–water partition coefficient (Wildman–Crippen LogP) is 0.753. The lowest BCUT2D eigenvalue weighted by molar-refractivity contribution is -0.388. The first-order valence-electron chi connectivity index (χ1n) is 6.96. The summed E-state index contributed by atoms with van der Waals surface area (Å²) in [6, 6.07) is 0.491. The number of rotatable bonds is 6. The fourth-order valence-electron chi connectivity index (χ4n) is 2.12. The number of nitro groups is 1. The third-order valence-corrected chi connectivity index (χ3v) is 4.80. The van der Waals surface area contributed by atoms with Crippen LogP contribution in [0.5, 0.6) is 11.5 Å². The van der Waals surface area contributed by atoms with Gasteiger partial charge in [0.15, 0.2) is 16.4 Å². The van der Waals surface area contributed by atoms with Crippen LogP contribution in [-0.4, -0.2) is 43.7 Å². The van der Waals surface area contributed by atoms with Crippen molar-refractivity contribution in [3.63, 3.8) is 0 Å². The number of benzene rings is 1. The topological polar surface area (TPSA) is 145 Å². The van der Waals surface area contributed by atoms with E-state index in [-0.39, 0.29) is 24.7 Å². The van der Waals surface area contributed by atoms with E-state index in [9.17, 15) is 23.3 Å². The molecule has 0 saturated carbocycles. The van der Waals surface area contributed by atoms with Crippen LogP contribution < -0.4 is 14.2 Å². The Morgan fingerprint density at radius 3 is 2.29 bits per heavy atom. The minimum Gasteiger partial charge on any atom is -0.486 e. The molecule has 132 valence electrons. The van der Waals surface area contributed by atoms with Gasteiger partial charge in [0.05, 0.1) is 11.0 Å². The highest BCUT2D eigenvalue weighted by Crippen LogP contribution is 2.38. The van der Waals surface area contributed by atoms with Crippen LogP contribution in [0, 0.1) is 16.0 Å². The number of carboxylic acids is 1. The third-order valence-electron chi connectivity index (χ3n) is 3.32. The highest BCUT2D eigenvalue weighted by molar-refractivity contribution is 7.89. The molecule has 24 heavy (non-hydrogen) atoms. The molecule has 1 atom stereocenters. The summed E-state index contributed by atoms with van der Waals surface area (Å²) in [7, 11) is -4.47. The SMILES string of the molecule is CC(C)[C@H](NS(=O)(=O)c1cc2c(cc1[N+](=O)[O-])OCCO2)C(=O)O. The van der Waals surface area contributed by atoms with Gasteiger partial charge in [-0.1, -0.05) is 13.8 Å². The van der Waals surface area contributed by atoms with Gasteiger partial charge in [-0.15, -0.1) is 0 Å². The lowest BCUT2D eigenvalue weighted by Crippen LogP contribution is -2.44. The number of hydrogen-bond acceptors (Lipinski definition) is 7. The maximum Gasteiger partial charge on any atom is 0.322 e. The highest BCUT2D eigenvalue weighted by Gasteiger charge is 2.34. The molecule has 11 heteroatoms. The second-order valence-corrected chi connectivity index (χ2v) is 7.08. The highest BCUT2D eigenvalue weighted by atomic mass is 32.2. The average Bonchev–Trinajstić information content (AvgIpc) is 2.50. The van der Waals surface area contributed by atoms with Crippen LogP contribution in [-0.2, 0) is 14.8 Å². The van der Waals surface area contributed by atoms with Gasteiger partial charge in [0.2, 0.25) is 10.0 Å². The normalized spacial score (nSPS) is 15.1. The molecule has 2 rings (SSSR count). The molecule has 0 saturated heterocycles. The number of nitro benzene ring substituents is 1. The van der Waals surface area contributed by atoms with Crippen LogP contribution in [0.3, 0.4) is 0 Å². The molecular formula is C13H16N2O8S. The number of ether oxygens (including phenoxy) is 2. The van der Waals surface area contributed by atoms with Crippen LogP contribution in [0.1, 0.15) is 13.8 Å². The summed E-state index contributed by atoms with van der Waals surface area (Å²) >= 11 is 0.